The van der Waals surface area contributed by atoms with Gasteiger partial charge in [-0.15, -0.1) is 0 Å². The van der Waals surface area contributed by atoms with Crippen molar-refractivity contribution in [3.8, 4) is 0 Å². The molecule has 2 N–H and O–H groups in total. The highest BCUT2D eigenvalue weighted by atomic mass is 16.3. The Bertz CT molecular complexity index is 885. The number of nitrogens with zero attached hydrogens (tertiary/aromatic N) is 4. The van der Waals surface area contributed by atoms with Gasteiger partial charge in [-0.3, -0.25) is 14.2 Å². The molecule has 8 nitrogen and oxygen atoms in total. The lowest BCUT2D eigenvalue weighted by atomic mass is 9.91. The van der Waals surface area contributed by atoms with E-state index in [2.05, 4.69) is 15.2 Å². The van der Waals surface area contributed by atoms with Gasteiger partial charge in [0.1, 0.15) is 0 Å². The van der Waals surface area contributed by atoms with Crippen molar-refractivity contribution >= 4 is 22.5 Å². The minimum atomic E-state index is -0.883. The third-order valence-corrected chi connectivity index (χ3v) is 4.95. The van der Waals surface area contributed by atoms with Gasteiger partial charge < -0.3 is 20.2 Å². The third kappa shape index (κ3) is 4.71. The molecule has 1 fully saturated rings. The van der Waals surface area contributed by atoms with Crippen LogP contribution in [0, 0.1) is 0 Å². The lowest BCUT2D eigenvalue weighted by Gasteiger charge is -2.36. The molecule has 1 aliphatic heterocycles. The van der Waals surface area contributed by atoms with E-state index in [1.165, 1.54) is 10.9 Å². The Morgan fingerprint density at radius 3 is 2.70 bits per heavy atom. The largest absolute Gasteiger partial charge is 0.388 e. The van der Waals surface area contributed by atoms with Crippen molar-refractivity contribution < 1.29 is 9.90 Å². The topological polar surface area (TPSA) is 90.7 Å². The summed E-state index contributed by atoms with van der Waals surface area (Å²) in [5.74, 6) is -0.128. The summed E-state index contributed by atoms with van der Waals surface area (Å²) in [5.41, 5.74) is 0.0620. The van der Waals surface area contributed by atoms with Gasteiger partial charge in [0, 0.05) is 18.8 Å². The molecule has 146 valence electrons. The first kappa shape index (κ1) is 19.5. The number of hydrogen-bond donors (Lipinski definition) is 2. The molecule has 0 spiro atoms. The van der Waals surface area contributed by atoms with E-state index in [1.54, 1.807) is 23.1 Å². The number of nitrogens with one attached hydrogen (secondary N) is 1. The highest BCUT2D eigenvalue weighted by molar-refractivity contribution is 5.94. The van der Waals surface area contributed by atoms with E-state index in [4.69, 9.17) is 0 Å². The fourth-order valence-corrected chi connectivity index (χ4v) is 3.35. The fourth-order valence-electron chi connectivity index (χ4n) is 3.35. The standard InChI is InChI=1S/C19H27N5O3/c1-22(2)11-17(25)21-14-4-5-15-16(10-14)20-13-24(18(15)26)12-19(27)6-8-23(3)9-7-19/h4-5,10,13,27H,6-9,11-12H2,1-3H3,(H,21,25). The van der Waals surface area contributed by atoms with Gasteiger partial charge in [0.2, 0.25) is 5.91 Å². The summed E-state index contributed by atoms with van der Waals surface area (Å²) in [6.45, 7) is 2.13. The maximum atomic E-state index is 12.8. The fraction of sp³-hybridized carbons (Fsp3) is 0.526. The van der Waals surface area contributed by atoms with Gasteiger partial charge in [0.25, 0.3) is 5.56 Å². The first-order chi connectivity index (χ1) is 12.8. The third-order valence-electron chi connectivity index (χ3n) is 4.95. The monoisotopic (exact) mass is 373 g/mol. The van der Waals surface area contributed by atoms with Crippen molar-refractivity contribution in [3.63, 3.8) is 0 Å². The summed E-state index contributed by atoms with van der Waals surface area (Å²) in [6, 6.07) is 5.07. The van der Waals surface area contributed by atoms with Gasteiger partial charge in [-0.1, -0.05) is 0 Å². The molecule has 1 aliphatic rings. The van der Waals surface area contributed by atoms with Gasteiger partial charge >= 0.3 is 0 Å². The normalized spacial score (nSPS) is 17.4. The van der Waals surface area contributed by atoms with Crippen molar-refractivity contribution in [3.05, 3.63) is 34.9 Å². The number of anilines is 1. The predicted octanol–water partition coefficient (Wildman–Crippen LogP) is 0.353. The number of carbonyl (C=O) groups is 1. The van der Waals surface area contributed by atoms with Gasteiger partial charge in [0.15, 0.2) is 0 Å². The number of rotatable bonds is 5. The molecule has 2 heterocycles. The van der Waals surface area contributed by atoms with Crippen LogP contribution in [0.5, 0.6) is 0 Å². The number of benzene rings is 1. The molecular weight excluding hydrogens is 346 g/mol. The average molecular weight is 373 g/mol. The zero-order valence-electron chi connectivity index (χ0n) is 16.1. The van der Waals surface area contributed by atoms with E-state index in [-0.39, 0.29) is 24.6 Å². The summed E-state index contributed by atoms with van der Waals surface area (Å²) in [6.07, 6.45) is 2.74. The molecule has 27 heavy (non-hydrogen) atoms. The Morgan fingerprint density at radius 2 is 2.04 bits per heavy atom. The number of likely N-dealkylation sites (tertiary alicyclic amines) is 1. The summed E-state index contributed by atoms with van der Waals surface area (Å²) in [4.78, 5) is 33.0. The number of aliphatic hydroxyl groups is 1. The zero-order valence-corrected chi connectivity index (χ0v) is 16.1. The van der Waals surface area contributed by atoms with Gasteiger partial charge in [-0.05, 0) is 52.2 Å². The number of carbonyl (C=O) groups excluding carboxylic acids is 1. The Kier molecular flexibility index (Phi) is 5.59. The molecule has 1 aromatic heterocycles. The van der Waals surface area contributed by atoms with E-state index in [1.807, 2.05) is 21.1 Å². The van der Waals surface area contributed by atoms with Crippen molar-refractivity contribution in [2.75, 3.05) is 46.1 Å². The lowest BCUT2D eigenvalue weighted by Crippen LogP contribution is -2.46. The van der Waals surface area contributed by atoms with E-state index < -0.39 is 5.60 Å². The molecule has 8 heteroatoms. The second kappa shape index (κ2) is 7.75. The number of hydrogen-bond acceptors (Lipinski definition) is 6. The highest BCUT2D eigenvalue weighted by Gasteiger charge is 2.32. The lowest BCUT2D eigenvalue weighted by molar-refractivity contribution is -0.116. The molecule has 1 saturated heterocycles. The average Bonchev–Trinajstić information content (AvgIpc) is 2.60. The number of likely N-dealkylation sites (N-methyl/N-ethyl adjacent to an activating group) is 1. The second-order valence-corrected chi connectivity index (χ2v) is 7.72. The van der Waals surface area contributed by atoms with Crippen LogP contribution in [-0.2, 0) is 11.3 Å². The summed E-state index contributed by atoms with van der Waals surface area (Å²) < 4.78 is 1.48. The van der Waals surface area contributed by atoms with Crippen LogP contribution in [0.25, 0.3) is 10.9 Å². The Hall–Kier alpha value is -2.29. The van der Waals surface area contributed by atoms with Crippen molar-refractivity contribution in [2.45, 2.75) is 25.0 Å². The first-order valence-corrected chi connectivity index (χ1v) is 9.10. The molecule has 3 rings (SSSR count). The molecule has 0 aliphatic carbocycles. The van der Waals surface area contributed by atoms with Gasteiger partial charge in [-0.2, -0.15) is 0 Å². The van der Waals surface area contributed by atoms with Crippen LogP contribution in [0.3, 0.4) is 0 Å². The molecule has 0 bridgehead atoms. The minimum Gasteiger partial charge on any atom is -0.388 e. The summed E-state index contributed by atoms with van der Waals surface area (Å²) in [5, 5.41) is 14.1. The number of piperidine rings is 1. The SMILES string of the molecule is CN(C)CC(=O)Nc1ccc2c(=O)n(CC3(O)CCN(C)CC3)cnc2c1. The zero-order chi connectivity index (χ0) is 19.6. The quantitative estimate of drug-likeness (QED) is 0.786. The van der Waals surface area contributed by atoms with Crippen molar-refractivity contribution in [1.82, 2.24) is 19.4 Å². The van der Waals surface area contributed by atoms with Crippen LogP contribution in [0.1, 0.15) is 12.8 Å². The van der Waals surface area contributed by atoms with E-state index in [9.17, 15) is 14.7 Å². The molecule has 0 saturated carbocycles. The van der Waals surface area contributed by atoms with Gasteiger partial charge in [-0.25, -0.2) is 4.98 Å². The van der Waals surface area contributed by atoms with Crippen LogP contribution >= 0.6 is 0 Å². The van der Waals surface area contributed by atoms with Crippen LogP contribution in [0.15, 0.2) is 29.3 Å². The summed E-state index contributed by atoms with van der Waals surface area (Å²) >= 11 is 0. The van der Waals surface area contributed by atoms with E-state index in [0.717, 1.165) is 13.1 Å². The number of amides is 1. The molecule has 1 aromatic carbocycles. The maximum absolute atomic E-state index is 12.8. The molecular formula is C19H27N5O3. The van der Waals surface area contributed by atoms with Crippen LogP contribution in [-0.4, -0.2) is 76.7 Å². The molecule has 1 amide bonds. The Morgan fingerprint density at radius 1 is 1.33 bits per heavy atom. The first-order valence-electron chi connectivity index (χ1n) is 9.10. The Labute approximate surface area is 158 Å². The smallest absolute Gasteiger partial charge is 0.261 e. The second-order valence-electron chi connectivity index (χ2n) is 7.72. The predicted molar refractivity (Wildman–Crippen MR) is 105 cm³/mol. The van der Waals surface area contributed by atoms with Crippen molar-refractivity contribution in [1.29, 1.82) is 0 Å². The van der Waals surface area contributed by atoms with Crippen LogP contribution < -0.4 is 10.9 Å². The molecule has 0 unspecified atom stereocenters. The number of aromatic nitrogens is 2. The van der Waals surface area contributed by atoms with Crippen LogP contribution in [0.2, 0.25) is 0 Å². The molecule has 0 atom stereocenters. The van der Waals surface area contributed by atoms with Crippen molar-refractivity contribution in [2.24, 2.45) is 0 Å². The van der Waals surface area contributed by atoms with E-state index >= 15 is 0 Å². The van der Waals surface area contributed by atoms with E-state index in [0.29, 0.717) is 29.4 Å². The summed E-state index contributed by atoms with van der Waals surface area (Å²) in [7, 11) is 5.67. The minimum absolute atomic E-state index is 0.128. The Balaban J connectivity index is 1.80. The highest BCUT2D eigenvalue weighted by Crippen LogP contribution is 2.23. The number of fused-ring (bicyclic) bond motifs is 1. The molecule has 2 aromatic rings. The van der Waals surface area contributed by atoms with Gasteiger partial charge in [0.05, 0.1) is 35.9 Å². The molecule has 0 radical (unpaired) electrons. The maximum Gasteiger partial charge on any atom is 0.261 e. The van der Waals surface area contributed by atoms with Crippen LogP contribution in [0.4, 0.5) is 5.69 Å².